The average Bonchev–Trinajstić information content (AvgIpc) is 2.78. The van der Waals surface area contributed by atoms with Crippen LogP contribution in [0.3, 0.4) is 0 Å². The van der Waals surface area contributed by atoms with Crippen molar-refractivity contribution in [2.24, 2.45) is 0 Å². The van der Waals surface area contributed by atoms with Gasteiger partial charge in [0.2, 0.25) is 5.78 Å². The summed E-state index contributed by atoms with van der Waals surface area (Å²) < 4.78 is 7.34. The molecule has 0 saturated carbocycles. The summed E-state index contributed by atoms with van der Waals surface area (Å²) in [6.45, 7) is 6.13. The van der Waals surface area contributed by atoms with Crippen molar-refractivity contribution in [1.82, 2.24) is 14.0 Å². The number of nitrogens with zero attached hydrogens (tertiary/aromatic N) is 3. The van der Waals surface area contributed by atoms with Gasteiger partial charge in [0, 0.05) is 6.54 Å². The Kier molecular flexibility index (Phi) is 7.47. The molecular formula is C22H30N5O5+. The minimum Gasteiger partial charge on any atom is -0.450 e. The molecule has 0 spiro atoms. The number of nitrogens with two attached hydrogens (primary N) is 1. The number of aromatic nitrogens is 2. The monoisotopic (exact) mass is 444 g/mol. The Bertz CT molecular complexity index is 1080. The molecule has 1 aromatic heterocycles. The number of hydrogen-bond donors (Lipinski definition) is 2. The van der Waals surface area contributed by atoms with Crippen LogP contribution in [-0.2, 0) is 17.8 Å². The van der Waals surface area contributed by atoms with Crippen LogP contribution >= 0.6 is 0 Å². The van der Waals surface area contributed by atoms with Crippen molar-refractivity contribution < 1.29 is 19.2 Å². The Labute approximate surface area is 185 Å². The van der Waals surface area contributed by atoms with Crippen LogP contribution in [0.25, 0.3) is 0 Å². The number of rotatable bonds is 7. The van der Waals surface area contributed by atoms with E-state index in [0.717, 1.165) is 15.0 Å². The standard InChI is InChI=1S/C22H29N5O5/c1-3-26-20(29)18(19(23)27(21(26)30)14-16-8-6-5-7-9-16)17(28)15-24-10-12-25(13-11-24)22(31)32-4-2/h5-9H,3-4,10-15,23H2,1-2H3/p+1. The molecule has 0 radical (unpaired) electrons. The molecule has 1 amide bonds. The second kappa shape index (κ2) is 10.3. The second-order valence-corrected chi connectivity index (χ2v) is 7.70. The van der Waals surface area contributed by atoms with Crippen LogP contribution in [0.2, 0.25) is 0 Å². The van der Waals surface area contributed by atoms with E-state index in [4.69, 9.17) is 10.5 Å². The number of carbonyl (C=O) groups excluding carboxylic acids is 2. The maximum Gasteiger partial charge on any atom is 0.410 e. The normalized spacial score (nSPS) is 14.4. The summed E-state index contributed by atoms with van der Waals surface area (Å²) >= 11 is 0. The maximum absolute atomic E-state index is 13.1. The summed E-state index contributed by atoms with van der Waals surface area (Å²) in [4.78, 5) is 53.3. The first-order valence-electron chi connectivity index (χ1n) is 10.8. The van der Waals surface area contributed by atoms with Crippen LogP contribution in [0.4, 0.5) is 10.6 Å². The quantitative estimate of drug-likeness (QED) is 0.540. The largest absolute Gasteiger partial charge is 0.450 e. The van der Waals surface area contributed by atoms with Gasteiger partial charge in [0.25, 0.3) is 5.56 Å². The van der Waals surface area contributed by atoms with E-state index < -0.39 is 17.0 Å². The number of nitrogens with one attached hydrogen (secondary N) is 1. The molecule has 1 aliphatic rings. The van der Waals surface area contributed by atoms with Crippen molar-refractivity contribution in [1.29, 1.82) is 0 Å². The number of anilines is 1. The summed E-state index contributed by atoms with van der Waals surface area (Å²) in [6.07, 6.45) is -0.360. The van der Waals surface area contributed by atoms with Crippen molar-refractivity contribution >= 4 is 17.7 Å². The predicted molar refractivity (Wildman–Crippen MR) is 119 cm³/mol. The van der Waals surface area contributed by atoms with Gasteiger partial charge < -0.3 is 15.4 Å². The first kappa shape index (κ1) is 23.3. The Morgan fingerprint density at radius 2 is 1.72 bits per heavy atom. The second-order valence-electron chi connectivity index (χ2n) is 7.70. The van der Waals surface area contributed by atoms with Crippen LogP contribution in [-0.4, -0.2) is 65.2 Å². The fraction of sp³-hybridized carbons (Fsp3) is 0.455. The zero-order valence-electron chi connectivity index (χ0n) is 18.5. The van der Waals surface area contributed by atoms with E-state index in [9.17, 15) is 19.2 Å². The Hall–Kier alpha value is -3.40. The number of ketones is 1. The fourth-order valence-electron chi connectivity index (χ4n) is 3.89. The highest BCUT2D eigenvalue weighted by Gasteiger charge is 2.29. The first-order chi connectivity index (χ1) is 15.4. The molecule has 32 heavy (non-hydrogen) atoms. The lowest BCUT2D eigenvalue weighted by Gasteiger charge is -2.31. The number of amides is 1. The molecule has 1 saturated heterocycles. The molecule has 0 atom stereocenters. The lowest BCUT2D eigenvalue weighted by Crippen LogP contribution is -3.15. The molecule has 10 nitrogen and oxygen atoms in total. The predicted octanol–water partition coefficient (Wildman–Crippen LogP) is -0.800. The minimum absolute atomic E-state index is 0.0589. The summed E-state index contributed by atoms with van der Waals surface area (Å²) in [5.74, 6) is -0.515. The lowest BCUT2D eigenvalue weighted by atomic mass is 10.1. The van der Waals surface area contributed by atoms with E-state index in [1.165, 1.54) is 4.57 Å². The number of ether oxygens (including phenoxy) is 1. The third kappa shape index (κ3) is 4.91. The number of piperazine rings is 1. The number of Topliss-reactive ketones (excluding diaryl/α,β-unsaturated/α-hetero) is 1. The molecule has 0 aliphatic carbocycles. The number of nitrogen functional groups attached to an aromatic ring is 1. The van der Waals surface area contributed by atoms with Gasteiger partial charge in [-0.25, -0.2) is 9.59 Å². The van der Waals surface area contributed by atoms with Gasteiger partial charge >= 0.3 is 11.8 Å². The number of hydrogen-bond acceptors (Lipinski definition) is 6. The van der Waals surface area contributed by atoms with Gasteiger partial charge in [-0.3, -0.25) is 23.6 Å². The van der Waals surface area contributed by atoms with E-state index in [1.54, 1.807) is 18.7 Å². The van der Waals surface area contributed by atoms with Crippen LogP contribution in [0, 0.1) is 0 Å². The molecule has 0 bridgehead atoms. The highest BCUT2D eigenvalue weighted by atomic mass is 16.6. The van der Waals surface area contributed by atoms with Crippen molar-refractivity contribution in [2.45, 2.75) is 26.9 Å². The Balaban J connectivity index is 1.83. The molecule has 0 unspecified atom stereocenters. The number of benzene rings is 1. The fourth-order valence-corrected chi connectivity index (χ4v) is 3.89. The van der Waals surface area contributed by atoms with Crippen LogP contribution < -0.4 is 21.9 Å². The lowest BCUT2D eigenvalue weighted by molar-refractivity contribution is -0.895. The summed E-state index contributed by atoms with van der Waals surface area (Å²) in [6, 6.07) is 9.25. The molecule has 2 aromatic rings. The van der Waals surface area contributed by atoms with Crippen molar-refractivity contribution in [3.05, 3.63) is 62.3 Å². The van der Waals surface area contributed by atoms with Gasteiger partial charge in [-0.15, -0.1) is 0 Å². The Morgan fingerprint density at radius 1 is 1.06 bits per heavy atom. The van der Waals surface area contributed by atoms with Crippen LogP contribution in [0.5, 0.6) is 0 Å². The third-order valence-corrected chi connectivity index (χ3v) is 5.65. The minimum atomic E-state index is -0.658. The van der Waals surface area contributed by atoms with E-state index in [-0.39, 0.29) is 37.1 Å². The van der Waals surface area contributed by atoms with E-state index in [1.807, 2.05) is 30.3 Å². The van der Waals surface area contributed by atoms with E-state index in [2.05, 4.69) is 0 Å². The number of quaternary nitrogens is 1. The van der Waals surface area contributed by atoms with Gasteiger partial charge in [-0.2, -0.15) is 0 Å². The molecule has 1 fully saturated rings. The van der Waals surface area contributed by atoms with E-state index >= 15 is 0 Å². The van der Waals surface area contributed by atoms with Crippen molar-refractivity contribution in [3.8, 4) is 0 Å². The van der Waals surface area contributed by atoms with E-state index in [0.29, 0.717) is 32.8 Å². The van der Waals surface area contributed by atoms with Gasteiger partial charge in [-0.1, -0.05) is 30.3 Å². The smallest absolute Gasteiger partial charge is 0.410 e. The molecule has 3 rings (SSSR count). The molecule has 1 aromatic carbocycles. The highest BCUT2D eigenvalue weighted by molar-refractivity contribution is 6.00. The molecule has 3 N–H and O–H groups in total. The van der Waals surface area contributed by atoms with Gasteiger partial charge in [0.1, 0.15) is 17.9 Å². The molecule has 10 heteroatoms. The van der Waals surface area contributed by atoms with Crippen LogP contribution in [0.15, 0.2) is 39.9 Å². The first-order valence-corrected chi connectivity index (χ1v) is 10.8. The zero-order chi connectivity index (χ0) is 23.3. The average molecular weight is 445 g/mol. The summed E-state index contributed by atoms with van der Waals surface area (Å²) in [5, 5.41) is 0. The topological polar surface area (TPSA) is 121 Å². The van der Waals surface area contributed by atoms with Gasteiger partial charge in [0.15, 0.2) is 0 Å². The summed E-state index contributed by atoms with van der Waals surface area (Å²) in [5.41, 5.74) is 5.70. The molecule has 2 heterocycles. The number of carbonyl (C=O) groups is 2. The maximum atomic E-state index is 13.1. The zero-order valence-corrected chi connectivity index (χ0v) is 18.5. The molecule has 1 aliphatic heterocycles. The van der Waals surface area contributed by atoms with Crippen molar-refractivity contribution in [2.75, 3.05) is 45.1 Å². The SMILES string of the molecule is CCOC(=O)N1CC[NH+](CC(=O)c2c(N)n(Cc3ccccc3)c(=O)n(CC)c2=O)CC1. The summed E-state index contributed by atoms with van der Waals surface area (Å²) in [7, 11) is 0. The third-order valence-electron chi connectivity index (χ3n) is 5.65. The molecule has 172 valence electrons. The molecular weight excluding hydrogens is 414 g/mol. The Morgan fingerprint density at radius 3 is 2.31 bits per heavy atom. The van der Waals surface area contributed by atoms with Crippen LogP contribution in [0.1, 0.15) is 29.8 Å². The highest BCUT2D eigenvalue weighted by Crippen LogP contribution is 2.09. The van der Waals surface area contributed by atoms with Gasteiger partial charge in [-0.05, 0) is 19.4 Å². The van der Waals surface area contributed by atoms with Crippen molar-refractivity contribution in [3.63, 3.8) is 0 Å². The van der Waals surface area contributed by atoms with Gasteiger partial charge in [0.05, 0.1) is 39.3 Å².